The van der Waals surface area contributed by atoms with Crippen LogP contribution in [0.15, 0.2) is 58.5 Å². The molecule has 0 saturated heterocycles. The van der Waals surface area contributed by atoms with Gasteiger partial charge in [0, 0.05) is 6.21 Å². The van der Waals surface area contributed by atoms with Gasteiger partial charge in [0.05, 0.1) is 17.1 Å². The second kappa shape index (κ2) is 16.8. The zero-order valence-corrected chi connectivity index (χ0v) is 25.0. The topological polar surface area (TPSA) is 70.8 Å². The van der Waals surface area contributed by atoms with Crippen molar-refractivity contribution in [3.63, 3.8) is 0 Å². The Morgan fingerprint density at radius 2 is 1.24 bits per heavy atom. The molecule has 0 amide bonds. The van der Waals surface area contributed by atoms with Crippen molar-refractivity contribution < 1.29 is 26.7 Å². The Kier molecular flexibility index (Phi) is 14.7. The maximum atomic E-state index is 11.4. The smallest absolute Gasteiger partial charge is 0.873 e. The molecule has 0 radical (unpaired) electrons. The molecule has 0 aliphatic heterocycles. The van der Waals surface area contributed by atoms with Crippen molar-refractivity contribution in [1.29, 1.82) is 0 Å². The minimum absolute atomic E-state index is 0. The zero-order valence-electron chi connectivity index (χ0n) is 24.0. The summed E-state index contributed by atoms with van der Waals surface area (Å²) in [6, 6.07) is 16.2. The second-order valence-corrected chi connectivity index (χ2v) is 9.81. The molecule has 0 bridgehead atoms. The van der Waals surface area contributed by atoms with Crippen molar-refractivity contribution in [1.82, 2.24) is 0 Å². The average Bonchev–Trinajstić information content (AvgIpc) is 2.88. The Balaban J connectivity index is 0.000000438. The van der Waals surface area contributed by atoms with Gasteiger partial charge in [0.25, 0.3) is 0 Å². The molecule has 206 valence electrons. The van der Waals surface area contributed by atoms with Gasteiger partial charge in [0.2, 0.25) is 0 Å². The molecule has 0 aromatic heterocycles. The van der Waals surface area contributed by atoms with Crippen molar-refractivity contribution in [3.05, 3.63) is 81.9 Å². The van der Waals surface area contributed by atoms with Crippen LogP contribution in [-0.4, -0.2) is 11.9 Å². The van der Waals surface area contributed by atoms with Crippen LogP contribution in [0, 0.1) is 34.6 Å². The molecule has 0 heterocycles. The van der Waals surface area contributed by atoms with Crippen molar-refractivity contribution in [2.45, 2.75) is 87.0 Å². The third-order valence-corrected chi connectivity index (χ3v) is 6.59. The molecule has 0 saturated carbocycles. The Morgan fingerprint density at radius 3 is 1.82 bits per heavy atom. The number of hydrogen-bond donors (Lipinski definition) is 0. The Hall–Kier alpha value is -2.91. The monoisotopic (exact) mass is 556 g/mol. The molecule has 38 heavy (non-hydrogen) atoms. The van der Waals surface area contributed by atoms with E-state index in [1.165, 1.54) is 22.3 Å². The average molecular weight is 557 g/mol. The summed E-state index contributed by atoms with van der Waals surface area (Å²) in [4.78, 5) is 9.46. The molecule has 0 spiro atoms. The molecular weight excluding hydrogens is 515 g/mol. The summed E-state index contributed by atoms with van der Waals surface area (Å²) in [7, 11) is 0. The van der Waals surface area contributed by atoms with Crippen molar-refractivity contribution in [2.24, 2.45) is 9.98 Å². The quantitative estimate of drug-likeness (QED) is 0.197. The van der Waals surface area contributed by atoms with Crippen LogP contribution in [0.4, 0.5) is 11.4 Å². The van der Waals surface area contributed by atoms with E-state index in [-0.39, 0.29) is 28.0 Å². The molecule has 0 N–H and O–H groups in total. The summed E-state index contributed by atoms with van der Waals surface area (Å²) in [6.45, 7) is 14.4. The van der Waals surface area contributed by atoms with E-state index >= 15 is 0 Å². The Morgan fingerprint density at radius 1 is 0.684 bits per heavy atom. The standard InChI is InChI=1S/C22H28N2.C11H16O2.Ni/c1-6-7-8-22(24-21-12-10-17(3)19(5)14-21)15-23-20-11-9-16(2)18(4)13-20;1-3-4-5-9-7-6-8(2)10(12)11(9)13;/h9-15H,6-8H2,1-5H3;6-7,12-13H,3-5H2,1-2H3;/q;;+2/p-2. The first-order chi connectivity index (χ1) is 17.7. The maximum Gasteiger partial charge on any atom is 2.00 e. The third-order valence-electron chi connectivity index (χ3n) is 6.59. The molecule has 0 aliphatic rings. The van der Waals surface area contributed by atoms with Gasteiger partial charge < -0.3 is 10.2 Å². The van der Waals surface area contributed by atoms with E-state index in [1.54, 1.807) is 19.1 Å². The van der Waals surface area contributed by atoms with Crippen LogP contribution < -0.4 is 10.2 Å². The summed E-state index contributed by atoms with van der Waals surface area (Å²) >= 11 is 0. The largest absolute Gasteiger partial charge is 2.00 e. The van der Waals surface area contributed by atoms with Gasteiger partial charge in [-0.15, -0.1) is 11.5 Å². The van der Waals surface area contributed by atoms with Crippen molar-refractivity contribution in [3.8, 4) is 11.5 Å². The van der Waals surface area contributed by atoms with Gasteiger partial charge in [0.15, 0.2) is 0 Å². The van der Waals surface area contributed by atoms with E-state index in [0.717, 1.165) is 55.6 Å². The molecule has 3 aromatic rings. The van der Waals surface area contributed by atoms with Crippen molar-refractivity contribution >= 4 is 23.3 Å². The summed E-state index contributed by atoms with van der Waals surface area (Å²) in [5, 5.41) is 22.6. The first kappa shape index (κ1) is 33.1. The molecule has 3 aromatic carbocycles. The SMILES string of the molecule is CCCCC(C=Nc1ccc(C)c(C)c1)=Nc1ccc(C)c(C)c1.CCCCc1ccc(C)c([O-])c1[O-].[Ni+2]. The van der Waals surface area contributed by atoms with Crippen LogP contribution in [0.1, 0.15) is 79.3 Å². The molecular formula is C33H42N2NiO2. The van der Waals surface area contributed by atoms with Gasteiger partial charge in [-0.2, -0.15) is 0 Å². The van der Waals surface area contributed by atoms with Crippen LogP contribution >= 0.6 is 0 Å². The third kappa shape index (κ3) is 10.5. The van der Waals surface area contributed by atoms with Gasteiger partial charge in [-0.3, -0.25) is 9.98 Å². The second-order valence-electron chi connectivity index (χ2n) is 9.81. The molecule has 0 atom stereocenters. The van der Waals surface area contributed by atoms with E-state index in [9.17, 15) is 10.2 Å². The Bertz CT molecular complexity index is 1230. The molecule has 3 rings (SSSR count). The van der Waals surface area contributed by atoms with Gasteiger partial charge in [-0.25, -0.2) is 0 Å². The van der Waals surface area contributed by atoms with Crippen LogP contribution in [-0.2, 0) is 22.9 Å². The summed E-state index contributed by atoms with van der Waals surface area (Å²) in [6.07, 6.45) is 7.91. The predicted molar refractivity (Wildman–Crippen MR) is 155 cm³/mol. The number of aryl methyl sites for hydroxylation is 6. The van der Waals surface area contributed by atoms with Crippen LogP contribution in [0.3, 0.4) is 0 Å². The summed E-state index contributed by atoms with van der Waals surface area (Å²) in [5.74, 6) is -0.651. The minimum Gasteiger partial charge on any atom is -0.873 e. The number of unbranched alkanes of at least 4 members (excludes halogenated alkanes) is 2. The molecule has 0 fully saturated rings. The first-order valence-corrected chi connectivity index (χ1v) is 13.4. The summed E-state index contributed by atoms with van der Waals surface area (Å²) in [5.41, 5.74) is 9.39. The number of rotatable bonds is 9. The number of nitrogens with zero attached hydrogens (tertiary/aromatic N) is 2. The minimum atomic E-state index is -0.339. The van der Waals surface area contributed by atoms with Crippen molar-refractivity contribution in [2.75, 3.05) is 0 Å². The van der Waals surface area contributed by atoms with Gasteiger partial charge in [-0.05, 0) is 107 Å². The Labute approximate surface area is 239 Å². The van der Waals surface area contributed by atoms with Crippen LogP contribution in [0.5, 0.6) is 11.5 Å². The fourth-order valence-electron chi connectivity index (χ4n) is 3.69. The fourth-order valence-corrected chi connectivity index (χ4v) is 3.69. The molecule has 0 unspecified atom stereocenters. The number of hydrogen-bond acceptors (Lipinski definition) is 4. The van der Waals surface area contributed by atoms with E-state index in [0.29, 0.717) is 11.1 Å². The molecule has 4 nitrogen and oxygen atoms in total. The maximum absolute atomic E-state index is 11.4. The van der Waals surface area contributed by atoms with E-state index in [4.69, 9.17) is 4.99 Å². The predicted octanol–water partition coefficient (Wildman–Crippen LogP) is 8.07. The number of aliphatic imine (C=N–C) groups is 2. The van der Waals surface area contributed by atoms with Gasteiger partial charge >= 0.3 is 16.5 Å². The first-order valence-electron chi connectivity index (χ1n) is 13.4. The fraction of sp³-hybridized carbons (Fsp3) is 0.394. The normalized spacial score (nSPS) is 11.2. The van der Waals surface area contributed by atoms with Crippen LogP contribution in [0.25, 0.3) is 0 Å². The van der Waals surface area contributed by atoms with E-state index < -0.39 is 0 Å². The van der Waals surface area contributed by atoms with Gasteiger partial charge in [-0.1, -0.05) is 62.1 Å². The van der Waals surface area contributed by atoms with E-state index in [1.807, 2.05) is 6.21 Å². The number of benzene rings is 3. The molecule has 0 aliphatic carbocycles. The van der Waals surface area contributed by atoms with Gasteiger partial charge in [0.1, 0.15) is 0 Å². The van der Waals surface area contributed by atoms with Crippen LogP contribution in [0.2, 0.25) is 0 Å². The zero-order chi connectivity index (χ0) is 27.4. The molecule has 5 heteroatoms. The summed E-state index contributed by atoms with van der Waals surface area (Å²) < 4.78 is 0. The van der Waals surface area contributed by atoms with E-state index in [2.05, 4.69) is 82.9 Å².